The molecule has 0 saturated carbocycles. The van der Waals surface area contributed by atoms with E-state index in [9.17, 15) is 27.0 Å². The lowest BCUT2D eigenvalue weighted by Crippen LogP contribution is -2.61. The Balaban J connectivity index is 2.20. The third-order valence-electron chi connectivity index (χ3n) is 8.61. The summed E-state index contributed by atoms with van der Waals surface area (Å²) in [6.45, 7) is -11.4. The highest BCUT2D eigenvalue weighted by atomic mass is 16.6. The number of carbonyl (C=O) groups excluding carboxylic acids is 4. The van der Waals surface area contributed by atoms with E-state index >= 15 is 0 Å². The number of alkyl carbamates (subject to hydrolysis) is 2. The van der Waals surface area contributed by atoms with E-state index in [0.717, 1.165) is 7.11 Å². The van der Waals surface area contributed by atoms with E-state index in [1.54, 1.807) is 69.3 Å². The van der Waals surface area contributed by atoms with E-state index < -0.39 is 99.3 Å². The van der Waals surface area contributed by atoms with Gasteiger partial charge < -0.3 is 44.7 Å². The third-order valence-corrected chi connectivity index (χ3v) is 8.61. The third kappa shape index (κ3) is 17.6. The van der Waals surface area contributed by atoms with Gasteiger partial charge in [0.15, 0.2) is 0 Å². The molecule has 0 radical (unpaired) electrons. The Hall–Kier alpha value is -5.13. The average molecular weight is 848 g/mol. The zero-order chi connectivity index (χ0) is 53.4. The molecule has 1 heterocycles. The lowest BCUT2D eigenvalue weighted by Gasteiger charge is -2.35. The molecule has 1 aromatic heterocycles. The number of amides is 4. The number of nitrogens with zero attached hydrogens (tertiary/aromatic N) is 2. The van der Waals surface area contributed by atoms with E-state index in [0.29, 0.717) is 28.4 Å². The Bertz CT molecular complexity index is 2110. The zero-order valence-electron chi connectivity index (χ0n) is 45.5. The molecule has 330 valence electrons. The predicted octanol–water partition coefficient (Wildman–Crippen LogP) is 4.26. The fourth-order valence-electron chi connectivity index (χ4n) is 5.49. The number of hydrogen-bond acceptors (Lipinski definition) is 12. The number of hydrogen-bond donors (Lipinski definition) is 5. The van der Waals surface area contributed by atoms with Crippen molar-refractivity contribution in [2.75, 3.05) is 60.4 Å². The summed E-state index contributed by atoms with van der Waals surface area (Å²) in [5.74, 6) is -2.68. The summed E-state index contributed by atoms with van der Waals surface area (Å²) in [7, 11) is 2.59. The molecule has 0 aliphatic heterocycles. The van der Waals surface area contributed by atoms with Crippen LogP contribution in [0, 0.1) is 10.8 Å². The quantitative estimate of drug-likeness (QED) is 0.0673. The second kappa shape index (κ2) is 24.8. The second-order valence-corrected chi connectivity index (χ2v) is 14.5. The van der Waals surface area contributed by atoms with Crippen LogP contribution >= 0.6 is 0 Å². The highest BCUT2D eigenvalue weighted by Crippen LogP contribution is 2.23. The minimum atomic E-state index is -4.11. The second-order valence-electron chi connectivity index (χ2n) is 14.5. The molecule has 0 spiro atoms. The monoisotopic (exact) mass is 848 g/mol. The molecule has 3 aromatic rings. The summed E-state index contributed by atoms with van der Waals surface area (Å²) in [4.78, 5) is 59.0. The summed E-state index contributed by atoms with van der Waals surface area (Å²) in [5.41, 5.74) is -1.58. The largest absolute Gasteiger partial charge is 0.453 e. The molecule has 16 nitrogen and oxygen atoms in total. The lowest BCUT2D eigenvalue weighted by molar-refractivity contribution is -0.132. The van der Waals surface area contributed by atoms with Gasteiger partial charge in [0.1, 0.15) is 18.7 Å². The molecule has 0 aliphatic rings. The Morgan fingerprint density at radius 3 is 1.97 bits per heavy atom. The predicted molar refractivity (Wildman–Crippen MR) is 226 cm³/mol. The molecule has 16 heteroatoms. The van der Waals surface area contributed by atoms with Crippen LogP contribution in [-0.2, 0) is 46.2 Å². The molecular formula is C44H64N6O10. The van der Waals surface area contributed by atoms with Crippen LogP contribution in [0.25, 0.3) is 11.3 Å². The number of pyridine rings is 1. The van der Waals surface area contributed by atoms with Crippen LogP contribution < -0.4 is 21.4 Å². The van der Waals surface area contributed by atoms with Crippen LogP contribution in [0.3, 0.4) is 0 Å². The SMILES string of the molecule is [2H]C([2H])(c1ccc(-c2ccccn2)cc1)N(C[C@H](O)[C@H](Cc1ccccc1)NC(=O)[C@@H](NC(=O)OC)C(C)(C)C)NC(=O)[C@@H](NC(=O)OCCOCCOCCOC)C(C([2H])([2H])[2H])(C([2H])([2H])[2H])C([2H])([2H])[2H]. The number of benzene rings is 2. The first-order valence-corrected chi connectivity index (χ1v) is 19.1. The molecule has 2 aromatic carbocycles. The van der Waals surface area contributed by atoms with Crippen LogP contribution in [0.4, 0.5) is 9.59 Å². The summed E-state index contributed by atoms with van der Waals surface area (Å²) in [6.07, 6.45) is -3.10. The number of ether oxygens (including phenoxy) is 5. The van der Waals surface area contributed by atoms with Crippen molar-refractivity contribution in [2.24, 2.45) is 10.8 Å². The molecule has 4 amide bonds. The van der Waals surface area contributed by atoms with Crippen molar-refractivity contribution in [1.29, 1.82) is 0 Å². The van der Waals surface area contributed by atoms with Crippen LogP contribution in [-0.4, -0.2) is 124 Å². The molecule has 0 bridgehead atoms. The van der Waals surface area contributed by atoms with Crippen molar-refractivity contribution < 1.29 is 63.0 Å². The van der Waals surface area contributed by atoms with Gasteiger partial charge in [-0.3, -0.25) is 20.0 Å². The number of rotatable bonds is 23. The van der Waals surface area contributed by atoms with Gasteiger partial charge >= 0.3 is 12.2 Å². The molecule has 0 fully saturated rings. The van der Waals surface area contributed by atoms with Crippen molar-refractivity contribution in [3.8, 4) is 11.3 Å². The minimum absolute atomic E-state index is 0.0347. The molecule has 4 atom stereocenters. The fourth-order valence-corrected chi connectivity index (χ4v) is 5.49. The number of carbonyl (C=O) groups is 4. The van der Waals surface area contributed by atoms with Gasteiger partial charge in [-0.2, -0.15) is 0 Å². The number of methoxy groups -OCH3 is 2. The van der Waals surface area contributed by atoms with Crippen molar-refractivity contribution in [3.63, 3.8) is 0 Å². The smallest absolute Gasteiger partial charge is 0.407 e. The molecule has 60 heavy (non-hydrogen) atoms. The van der Waals surface area contributed by atoms with E-state index in [1.807, 2.05) is 5.32 Å². The van der Waals surface area contributed by atoms with E-state index in [1.165, 1.54) is 37.6 Å². The Morgan fingerprint density at radius 2 is 1.37 bits per heavy atom. The van der Waals surface area contributed by atoms with Crippen molar-refractivity contribution in [1.82, 2.24) is 31.4 Å². The molecule has 5 N–H and O–H groups in total. The van der Waals surface area contributed by atoms with Crippen LogP contribution in [0.2, 0.25) is 0 Å². The number of aliphatic hydroxyl groups excluding tert-OH is 1. The molecule has 0 aliphatic carbocycles. The highest BCUT2D eigenvalue weighted by Gasteiger charge is 2.37. The van der Waals surface area contributed by atoms with Crippen LogP contribution in [0.5, 0.6) is 0 Å². The Labute approximate surface area is 369 Å². The first-order chi connectivity index (χ1) is 33.0. The van der Waals surface area contributed by atoms with Crippen LogP contribution in [0.15, 0.2) is 79.0 Å². The van der Waals surface area contributed by atoms with E-state index in [2.05, 4.69) is 21.0 Å². The summed E-state index contributed by atoms with van der Waals surface area (Å²) in [5, 5.41) is 19.7. The zero-order valence-corrected chi connectivity index (χ0v) is 34.5. The molecule has 0 saturated heterocycles. The van der Waals surface area contributed by atoms with Gasteiger partial charge in [-0.05, 0) is 40.5 Å². The molecule has 0 unspecified atom stereocenters. The van der Waals surface area contributed by atoms with Gasteiger partial charge in [0, 0.05) is 44.2 Å². The van der Waals surface area contributed by atoms with Crippen molar-refractivity contribution >= 4 is 24.0 Å². The van der Waals surface area contributed by atoms with Gasteiger partial charge in [0.25, 0.3) is 5.91 Å². The van der Waals surface area contributed by atoms with E-state index in [4.69, 9.17) is 36.0 Å². The number of aromatic nitrogens is 1. The standard InChI is InChI=1S/C44H64N6O10/c1-43(2,3)37(47-41(54)57-8)39(52)46-35(28-31-14-10-9-11-15-31)36(51)30-50(29-32-17-19-33(20-18-32)34-16-12-13-21-45-34)49-40(53)38(44(4,5)6)48-42(55)60-27-26-59-25-24-58-23-22-56-7/h9-21,35-38,51H,22-30H2,1-8H3,(H,46,52)(H,47,54)(H,48,55)(H,49,53)/t35-,36-,37+,38+/m0/s1/i4D3,5D3,6D3,29D2. The van der Waals surface area contributed by atoms with Gasteiger partial charge in [0.2, 0.25) is 5.91 Å². The number of hydrazine groups is 1. The Morgan fingerprint density at radius 1 is 0.750 bits per heavy atom. The topological polar surface area (TPSA) is 199 Å². The maximum absolute atomic E-state index is 14.9. The maximum Gasteiger partial charge on any atom is 0.407 e. The summed E-state index contributed by atoms with van der Waals surface area (Å²) in [6, 6.07) is 13.4. The average Bonchev–Trinajstić information content (AvgIpc) is 3.28. The van der Waals surface area contributed by atoms with Crippen molar-refractivity contribution in [3.05, 3.63) is 90.1 Å². The van der Waals surface area contributed by atoms with E-state index in [-0.39, 0.29) is 38.4 Å². The maximum atomic E-state index is 14.9. The molecular weight excluding hydrogens is 773 g/mol. The van der Waals surface area contributed by atoms with Gasteiger partial charge in [0.05, 0.1) is 60.7 Å². The highest BCUT2D eigenvalue weighted by molar-refractivity contribution is 5.87. The lowest BCUT2D eigenvalue weighted by atomic mass is 9.85. The fraction of sp³-hybridized carbons (Fsp3) is 0.523. The minimum Gasteiger partial charge on any atom is -0.453 e. The first kappa shape index (κ1) is 34.6. The number of nitrogens with one attached hydrogen (secondary N) is 4. The number of aliphatic hydroxyl groups is 1. The first-order valence-electron chi connectivity index (χ1n) is 24.6. The molecule has 3 rings (SSSR count). The van der Waals surface area contributed by atoms with Gasteiger partial charge in [-0.25, -0.2) is 14.6 Å². The van der Waals surface area contributed by atoms with Crippen molar-refractivity contribution in [2.45, 2.75) is 78.5 Å². The normalized spacial score (nSPS) is 17.3. The summed E-state index contributed by atoms with van der Waals surface area (Å²) < 4.78 is 120. The van der Waals surface area contributed by atoms with Gasteiger partial charge in [-0.1, -0.05) is 102 Å². The van der Waals surface area contributed by atoms with Crippen LogP contribution in [0.1, 0.15) is 67.5 Å². The Kier molecular flexibility index (Phi) is 14.3. The summed E-state index contributed by atoms with van der Waals surface area (Å²) >= 11 is 0. The van der Waals surface area contributed by atoms with Gasteiger partial charge in [-0.15, -0.1) is 0 Å².